The summed E-state index contributed by atoms with van der Waals surface area (Å²) in [7, 11) is 0. The molecular formula is C14H18ClNOS. The number of nitrogens with zero attached hydrogens (tertiary/aromatic N) is 1. The highest BCUT2D eigenvalue weighted by Crippen LogP contribution is 2.27. The van der Waals surface area contributed by atoms with Crippen molar-refractivity contribution in [1.82, 2.24) is 4.90 Å². The topological polar surface area (TPSA) is 20.3 Å². The number of hydrogen-bond donors (Lipinski definition) is 0. The summed E-state index contributed by atoms with van der Waals surface area (Å²) in [5.41, 5.74) is 0.885. The van der Waals surface area contributed by atoms with Gasteiger partial charge in [-0.1, -0.05) is 37.3 Å². The first-order valence-corrected chi connectivity index (χ1v) is 7.80. The maximum Gasteiger partial charge on any atom is 0.245 e. The summed E-state index contributed by atoms with van der Waals surface area (Å²) in [5, 5.41) is 0.00847. The number of rotatable bonds is 3. The van der Waals surface area contributed by atoms with Crippen LogP contribution in [-0.4, -0.2) is 34.9 Å². The molecule has 0 radical (unpaired) electrons. The lowest BCUT2D eigenvalue weighted by Gasteiger charge is -2.33. The van der Waals surface area contributed by atoms with Gasteiger partial charge in [-0.25, -0.2) is 0 Å². The molecule has 1 aliphatic rings. The van der Waals surface area contributed by atoms with Crippen molar-refractivity contribution < 1.29 is 4.79 Å². The summed E-state index contributed by atoms with van der Waals surface area (Å²) in [6.07, 6.45) is 1.10. The lowest BCUT2D eigenvalue weighted by Crippen LogP contribution is -2.43. The third-order valence-corrected chi connectivity index (χ3v) is 5.03. The Morgan fingerprint density at radius 1 is 1.50 bits per heavy atom. The standard InChI is InChI=1S/C14H18ClNOS/c1-2-12-10-16(8-9-18-12)14(17)13(15)11-6-4-3-5-7-11/h3-7,12-13H,2,8-10H2,1H3. The van der Waals surface area contributed by atoms with E-state index in [1.165, 1.54) is 0 Å². The zero-order valence-corrected chi connectivity index (χ0v) is 12.1. The molecule has 2 nitrogen and oxygen atoms in total. The van der Waals surface area contributed by atoms with Crippen molar-refractivity contribution in [3.8, 4) is 0 Å². The molecule has 2 unspecified atom stereocenters. The van der Waals surface area contributed by atoms with Gasteiger partial charge in [0, 0.05) is 24.1 Å². The van der Waals surface area contributed by atoms with E-state index >= 15 is 0 Å². The Hall–Kier alpha value is -0.670. The average molecular weight is 284 g/mol. The summed E-state index contributed by atoms with van der Waals surface area (Å²) in [6, 6.07) is 9.58. The highest BCUT2D eigenvalue weighted by molar-refractivity contribution is 8.00. The zero-order valence-electron chi connectivity index (χ0n) is 10.5. The molecule has 1 saturated heterocycles. The van der Waals surface area contributed by atoms with Crippen LogP contribution in [0.2, 0.25) is 0 Å². The molecule has 0 aliphatic carbocycles. The molecule has 1 aromatic carbocycles. The fourth-order valence-electron chi connectivity index (χ4n) is 2.09. The molecule has 98 valence electrons. The van der Waals surface area contributed by atoms with E-state index in [-0.39, 0.29) is 5.91 Å². The van der Waals surface area contributed by atoms with Crippen molar-refractivity contribution in [3.63, 3.8) is 0 Å². The molecule has 4 heteroatoms. The van der Waals surface area contributed by atoms with Crippen LogP contribution in [0.5, 0.6) is 0 Å². The first-order valence-electron chi connectivity index (χ1n) is 6.31. The van der Waals surface area contributed by atoms with E-state index in [2.05, 4.69) is 6.92 Å². The van der Waals surface area contributed by atoms with Gasteiger partial charge >= 0.3 is 0 Å². The second-order valence-electron chi connectivity index (χ2n) is 4.46. The first-order chi connectivity index (χ1) is 8.72. The van der Waals surface area contributed by atoms with Crippen LogP contribution in [0.1, 0.15) is 24.3 Å². The highest BCUT2D eigenvalue weighted by atomic mass is 35.5. The molecule has 1 fully saturated rings. The molecule has 0 bridgehead atoms. The van der Waals surface area contributed by atoms with Crippen LogP contribution in [0.15, 0.2) is 30.3 Å². The van der Waals surface area contributed by atoms with Crippen LogP contribution in [0, 0.1) is 0 Å². The number of carbonyl (C=O) groups is 1. The van der Waals surface area contributed by atoms with Crippen molar-refractivity contribution in [2.45, 2.75) is 24.0 Å². The minimum atomic E-state index is -0.549. The molecule has 2 atom stereocenters. The molecule has 0 spiro atoms. The van der Waals surface area contributed by atoms with Crippen molar-refractivity contribution in [1.29, 1.82) is 0 Å². The summed E-state index contributed by atoms with van der Waals surface area (Å²) in [6.45, 7) is 3.81. The van der Waals surface area contributed by atoms with Gasteiger partial charge in [-0.05, 0) is 12.0 Å². The van der Waals surface area contributed by atoms with E-state index in [9.17, 15) is 4.79 Å². The average Bonchev–Trinajstić information content (AvgIpc) is 2.46. The Morgan fingerprint density at radius 3 is 2.89 bits per heavy atom. The smallest absolute Gasteiger partial charge is 0.245 e. The number of hydrogen-bond acceptors (Lipinski definition) is 2. The monoisotopic (exact) mass is 283 g/mol. The molecule has 1 heterocycles. The number of thioether (sulfide) groups is 1. The maximum atomic E-state index is 12.3. The van der Waals surface area contributed by atoms with Gasteiger partial charge in [0.1, 0.15) is 5.38 Å². The van der Waals surface area contributed by atoms with Gasteiger partial charge < -0.3 is 4.90 Å². The van der Waals surface area contributed by atoms with Crippen LogP contribution in [0.4, 0.5) is 0 Å². The van der Waals surface area contributed by atoms with Gasteiger partial charge in [0.05, 0.1) is 0 Å². The second-order valence-corrected chi connectivity index (χ2v) is 6.30. The molecule has 0 N–H and O–H groups in total. The maximum absolute atomic E-state index is 12.3. The van der Waals surface area contributed by atoms with Gasteiger partial charge in [0.25, 0.3) is 0 Å². The van der Waals surface area contributed by atoms with Crippen LogP contribution >= 0.6 is 23.4 Å². The summed E-state index contributed by atoms with van der Waals surface area (Å²) >= 11 is 8.24. The molecule has 0 saturated carbocycles. The van der Waals surface area contributed by atoms with Crippen LogP contribution in [0.3, 0.4) is 0 Å². The normalized spacial score (nSPS) is 21.7. The van der Waals surface area contributed by atoms with Crippen LogP contribution < -0.4 is 0 Å². The largest absolute Gasteiger partial charge is 0.339 e. The third kappa shape index (κ3) is 3.21. The van der Waals surface area contributed by atoms with Gasteiger partial charge in [-0.2, -0.15) is 11.8 Å². The molecular weight excluding hydrogens is 266 g/mol. The molecule has 1 amide bonds. The molecule has 1 aliphatic heterocycles. The number of halogens is 1. The van der Waals surface area contributed by atoms with Crippen molar-refractivity contribution in [3.05, 3.63) is 35.9 Å². The van der Waals surface area contributed by atoms with Crippen LogP contribution in [-0.2, 0) is 4.79 Å². The number of amides is 1. The summed E-state index contributed by atoms with van der Waals surface area (Å²) in [4.78, 5) is 14.3. The van der Waals surface area contributed by atoms with E-state index in [0.29, 0.717) is 5.25 Å². The van der Waals surface area contributed by atoms with Crippen molar-refractivity contribution in [2.24, 2.45) is 0 Å². The number of benzene rings is 1. The van der Waals surface area contributed by atoms with E-state index < -0.39 is 5.38 Å². The van der Waals surface area contributed by atoms with E-state index in [1.807, 2.05) is 47.0 Å². The lowest BCUT2D eigenvalue weighted by atomic mass is 10.1. The SMILES string of the molecule is CCC1CN(C(=O)C(Cl)c2ccccc2)CCS1. The molecule has 0 aromatic heterocycles. The minimum absolute atomic E-state index is 0.0432. The Kier molecular flexibility index (Phi) is 4.95. The number of alkyl halides is 1. The second kappa shape index (κ2) is 6.48. The van der Waals surface area contributed by atoms with E-state index in [4.69, 9.17) is 11.6 Å². The zero-order chi connectivity index (χ0) is 13.0. The fraction of sp³-hybridized carbons (Fsp3) is 0.500. The fourth-order valence-corrected chi connectivity index (χ4v) is 3.56. The first kappa shape index (κ1) is 13.8. The van der Waals surface area contributed by atoms with Gasteiger partial charge in [0.2, 0.25) is 5.91 Å². The molecule has 18 heavy (non-hydrogen) atoms. The lowest BCUT2D eigenvalue weighted by molar-refractivity contribution is -0.130. The van der Waals surface area contributed by atoms with Gasteiger partial charge in [-0.15, -0.1) is 11.6 Å². The van der Waals surface area contributed by atoms with Gasteiger partial charge in [-0.3, -0.25) is 4.79 Å². The molecule has 2 rings (SSSR count). The quantitative estimate of drug-likeness (QED) is 0.793. The van der Waals surface area contributed by atoms with Crippen molar-refractivity contribution in [2.75, 3.05) is 18.8 Å². The Bertz CT molecular complexity index is 398. The van der Waals surface area contributed by atoms with E-state index in [0.717, 1.165) is 30.8 Å². The van der Waals surface area contributed by atoms with Crippen LogP contribution in [0.25, 0.3) is 0 Å². The summed E-state index contributed by atoms with van der Waals surface area (Å²) < 4.78 is 0. The minimum Gasteiger partial charge on any atom is -0.339 e. The Morgan fingerprint density at radius 2 is 2.22 bits per heavy atom. The predicted octanol–water partition coefficient (Wildman–Crippen LogP) is 3.32. The molecule has 1 aromatic rings. The Balaban J connectivity index is 2.02. The predicted molar refractivity (Wildman–Crippen MR) is 78.2 cm³/mol. The van der Waals surface area contributed by atoms with Gasteiger partial charge in [0.15, 0.2) is 0 Å². The van der Waals surface area contributed by atoms with Crippen molar-refractivity contribution >= 4 is 29.3 Å². The third-order valence-electron chi connectivity index (χ3n) is 3.21. The summed E-state index contributed by atoms with van der Waals surface area (Å²) in [5.74, 6) is 1.06. The number of carbonyl (C=O) groups excluding carboxylic acids is 1. The Labute approximate surface area is 118 Å². The highest BCUT2D eigenvalue weighted by Gasteiger charge is 2.28. The van der Waals surface area contributed by atoms with E-state index in [1.54, 1.807) is 0 Å².